The number of aliphatic hydroxyl groups excluding tert-OH is 2. The summed E-state index contributed by atoms with van der Waals surface area (Å²) in [6.45, 7) is 5.41. The molecule has 4 heteroatoms. The monoisotopic (exact) mass is 243 g/mol. The Kier molecular flexibility index (Phi) is 5.40. The van der Waals surface area contributed by atoms with E-state index in [0.29, 0.717) is 25.9 Å². The Balaban J connectivity index is 2.48. The summed E-state index contributed by atoms with van der Waals surface area (Å²) in [5.74, 6) is 0.312. The topological polar surface area (TPSA) is 60.8 Å². The summed E-state index contributed by atoms with van der Waals surface area (Å²) in [5.41, 5.74) is -0.370. The molecule has 0 bridgehead atoms. The third-order valence-electron chi connectivity index (χ3n) is 3.95. The predicted octanol–water partition coefficient (Wildman–Crippen LogP) is 1.02. The van der Waals surface area contributed by atoms with Crippen molar-refractivity contribution in [1.29, 1.82) is 0 Å². The van der Waals surface area contributed by atoms with Crippen molar-refractivity contribution in [2.75, 3.05) is 26.3 Å². The van der Waals surface area contributed by atoms with Gasteiger partial charge in [-0.05, 0) is 19.3 Å². The molecule has 0 aliphatic carbocycles. The minimum atomic E-state index is -0.370. The molecular formula is C13H25NO3. The average molecular weight is 243 g/mol. The zero-order valence-corrected chi connectivity index (χ0v) is 11.0. The van der Waals surface area contributed by atoms with E-state index in [1.165, 1.54) is 0 Å². The Bertz CT molecular complexity index is 241. The van der Waals surface area contributed by atoms with Gasteiger partial charge in [0, 0.05) is 24.4 Å². The van der Waals surface area contributed by atoms with Gasteiger partial charge in [-0.1, -0.05) is 20.3 Å². The molecule has 1 heterocycles. The lowest BCUT2D eigenvalue weighted by Crippen LogP contribution is -2.47. The highest BCUT2D eigenvalue weighted by Crippen LogP contribution is 2.31. The van der Waals surface area contributed by atoms with Gasteiger partial charge < -0.3 is 15.1 Å². The lowest BCUT2D eigenvalue weighted by molar-refractivity contribution is -0.138. The Morgan fingerprint density at radius 1 is 1.29 bits per heavy atom. The van der Waals surface area contributed by atoms with Crippen molar-refractivity contribution in [2.45, 2.75) is 39.5 Å². The Labute approximate surface area is 104 Å². The quantitative estimate of drug-likeness (QED) is 0.758. The molecule has 1 amide bonds. The van der Waals surface area contributed by atoms with Crippen LogP contribution in [0.4, 0.5) is 0 Å². The minimum absolute atomic E-state index is 0.00996. The molecule has 1 aliphatic rings. The van der Waals surface area contributed by atoms with E-state index in [-0.39, 0.29) is 30.5 Å². The number of rotatable bonds is 5. The van der Waals surface area contributed by atoms with Gasteiger partial charge in [0.2, 0.25) is 5.91 Å². The summed E-state index contributed by atoms with van der Waals surface area (Å²) >= 11 is 0. The summed E-state index contributed by atoms with van der Waals surface area (Å²) in [6, 6.07) is 0. The standard InChI is InChI=1S/C13H25NO3/c1-3-4-11(2)12(17)14-7-5-13(9-15,10-16)6-8-14/h11,15-16H,3-10H2,1-2H3. The van der Waals surface area contributed by atoms with Crippen LogP contribution in [0.15, 0.2) is 0 Å². The normalized spacial score (nSPS) is 21.3. The third-order valence-corrected chi connectivity index (χ3v) is 3.95. The second-order valence-electron chi connectivity index (χ2n) is 5.33. The van der Waals surface area contributed by atoms with Gasteiger partial charge in [-0.3, -0.25) is 4.79 Å². The molecule has 4 nitrogen and oxygen atoms in total. The second-order valence-corrected chi connectivity index (χ2v) is 5.33. The molecule has 1 rings (SSSR count). The van der Waals surface area contributed by atoms with Crippen LogP contribution < -0.4 is 0 Å². The Morgan fingerprint density at radius 3 is 2.24 bits per heavy atom. The van der Waals surface area contributed by atoms with Gasteiger partial charge in [0.15, 0.2) is 0 Å². The number of aliphatic hydroxyl groups is 2. The molecule has 1 atom stereocenters. The number of hydrogen-bond acceptors (Lipinski definition) is 3. The van der Waals surface area contributed by atoms with Crippen molar-refractivity contribution >= 4 is 5.91 Å². The van der Waals surface area contributed by atoms with Gasteiger partial charge in [-0.2, -0.15) is 0 Å². The van der Waals surface area contributed by atoms with Crippen LogP contribution in [0.3, 0.4) is 0 Å². The molecule has 1 aliphatic heterocycles. The van der Waals surface area contributed by atoms with E-state index in [0.717, 1.165) is 12.8 Å². The zero-order valence-electron chi connectivity index (χ0n) is 11.0. The number of piperidine rings is 1. The molecule has 0 spiro atoms. The van der Waals surface area contributed by atoms with Crippen LogP contribution in [0.5, 0.6) is 0 Å². The van der Waals surface area contributed by atoms with E-state index >= 15 is 0 Å². The lowest BCUT2D eigenvalue weighted by Gasteiger charge is -2.40. The van der Waals surface area contributed by atoms with Crippen molar-refractivity contribution in [3.8, 4) is 0 Å². The zero-order chi connectivity index (χ0) is 12.9. The number of carbonyl (C=O) groups is 1. The molecule has 1 fully saturated rings. The van der Waals surface area contributed by atoms with Crippen LogP contribution in [0.25, 0.3) is 0 Å². The first-order valence-electron chi connectivity index (χ1n) is 6.59. The first-order chi connectivity index (χ1) is 8.08. The van der Waals surface area contributed by atoms with Crippen LogP contribution in [0, 0.1) is 11.3 Å². The highest BCUT2D eigenvalue weighted by Gasteiger charge is 2.35. The molecule has 0 radical (unpaired) electrons. The van der Waals surface area contributed by atoms with Gasteiger partial charge >= 0.3 is 0 Å². The van der Waals surface area contributed by atoms with Crippen LogP contribution >= 0.6 is 0 Å². The van der Waals surface area contributed by atoms with Crippen LogP contribution in [-0.4, -0.2) is 47.3 Å². The second kappa shape index (κ2) is 6.36. The molecule has 1 unspecified atom stereocenters. The van der Waals surface area contributed by atoms with E-state index in [1.807, 2.05) is 11.8 Å². The molecule has 0 aromatic heterocycles. The highest BCUT2D eigenvalue weighted by atomic mass is 16.3. The molecule has 2 N–H and O–H groups in total. The fourth-order valence-electron chi connectivity index (χ4n) is 2.44. The number of carbonyl (C=O) groups excluding carboxylic acids is 1. The molecule has 0 aromatic carbocycles. The molecule has 17 heavy (non-hydrogen) atoms. The SMILES string of the molecule is CCCC(C)C(=O)N1CCC(CO)(CO)CC1. The van der Waals surface area contributed by atoms with E-state index < -0.39 is 0 Å². The smallest absolute Gasteiger partial charge is 0.225 e. The molecule has 0 saturated carbocycles. The maximum absolute atomic E-state index is 12.1. The molecule has 1 saturated heterocycles. The van der Waals surface area contributed by atoms with Gasteiger partial charge in [-0.25, -0.2) is 0 Å². The van der Waals surface area contributed by atoms with E-state index in [9.17, 15) is 15.0 Å². The third kappa shape index (κ3) is 3.42. The van der Waals surface area contributed by atoms with Crippen molar-refractivity contribution in [1.82, 2.24) is 4.90 Å². The van der Waals surface area contributed by atoms with Gasteiger partial charge in [0.25, 0.3) is 0 Å². The average Bonchev–Trinajstić information content (AvgIpc) is 2.38. The maximum Gasteiger partial charge on any atom is 0.225 e. The van der Waals surface area contributed by atoms with Gasteiger partial charge in [-0.15, -0.1) is 0 Å². The summed E-state index contributed by atoms with van der Waals surface area (Å²) in [4.78, 5) is 14.0. The largest absolute Gasteiger partial charge is 0.396 e. The lowest BCUT2D eigenvalue weighted by atomic mass is 9.79. The summed E-state index contributed by atoms with van der Waals surface area (Å²) in [7, 11) is 0. The summed E-state index contributed by atoms with van der Waals surface area (Å²) < 4.78 is 0. The number of nitrogens with zero attached hydrogens (tertiary/aromatic N) is 1. The maximum atomic E-state index is 12.1. The van der Waals surface area contributed by atoms with E-state index in [2.05, 4.69) is 6.92 Å². The first-order valence-corrected chi connectivity index (χ1v) is 6.59. The summed E-state index contributed by atoms with van der Waals surface area (Å²) in [6.07, 6.45) is 3.35. The predicted molar refractivity (Wildman–Crippen MR) is 66.5 cm³/mol. The van der Waals surface area contributed by atoms with Gasteiger partial charge in [0.05, 0.1) is 13.2 Å². The minimum Gasteiger partial charge on any atom is -0.396 e. The van der Waals surface area contributed by atoms with Gasteiger partial charge in [0.1, 0.15) is 0 Å². The molecule has 0 aromatic rings. The van der Waals surface area contributed by atoms with Crippen molar-refractivity contribution in [3.63, 3.8) is 0 Å². The number of amides is 1. The number of hydrogen-bond donors (Lipinski definition) is 2. The van der Waals surface area contributed by atoms with Crippen LogP contribution in [0.2, 0.25) is 0 Å². The van der Waals surface area contributed by atoms with E-state index in [1.54, 1.807) is 0 Å². The Hall–Kier alpha value is -0.610. The fraction of sp³-hybridized carbons (Fsp3) is 0.923. The highest BCUT2D eigenvalue weighted by molar-refractivity contribution is 5.78. The molecular weight excluding hydrogens is 218 g/mol. The van der Waals surface area contributed by atoms with E-state index in [4.69, 9.17) is 0 Å². The fourth-order valence-corrected chi connectivity index (χ4v) is 2.44. The van der Waals surface area contributed by atoms with Crippen molar-refractivity contribution in [3.05, 3.63) is 0 Å². The van der Waals surface area contributed by atoms with Crippen molar-refractivity contribution < 1.29 is 15.0 Å². The summed E-state index contributed by atoms with van der Waals surface area (Å²) in [5, 5.41) is 18.6. The number of likely N-dealkylation sites (tertiary alicyclic amines) is 1. The van der Waals surface area contributed by atoms with Crippen LogP contribution in [0.1, 0.15) is 39.5 Å². The van der Waals surface area contributed by atoms with Crippen molar-refractivity contribution in [2.24, 2.45) is 11.3 Å². The first kappa shape index (κ1) is 14.5. The van der Waals surface area contributed by atoms with Crippen LogP contribution in [-0.2, 0) is 4.79 Å². The Morgan fingerprint density at radius 2 is 1.82 bits per heavy atom. The molecule has 100 valence electrons.